The lowest BCUT2D eigenvalue weighted by Gasteiger charge is -2.23. The molecule has 0 spiro atoms. The van der Waals surface area contributed by atoms with E-state index in [1.54, 1.807) is 0 Å². The minimum absolute atomic E-state index is 0.342. The molecule has 0 amide bonds. The number of aryl methyl sites for hydroxylation is 1. The average Bonchev–Trinajstić information content (AvgIpc) is 2.17. The van der Waals surface area contributed by atoms with Crippen molar-refractivity contribution < 1.29 is 0 Å². The second-order valence-electron chi connectivity index (χ2n) is 4.83. The van der Waals surface area contributed by atoms with Crippen LogP contribution in [-0.2, 0) is 6.42 Å². The monoisotopic (exact) mass is 225 g/mol. The number of benzene rings is 1. The molecule has 2 N–H and O–H groups in total. The summed E-state index contributed by atoms with van der Waals surface area (Å²) in [7, 11) is 0. The second-order valence-corrected chi connectivity index (χ2v) is 5.27. The lowest BCUT2D eigenvalue weighted by atomic mass is 9.83. The van der Waals surface area contributed by atoms with E-state index < -0.39 is 0 Å². The fourth-order valence-corrected chi connectivity index (χ4v) is 1.78. The minimum atomic E-state index is 0.342. The first kappa shape index (κ1) is 12.5. The zero-order valence-corrected chi connectivity index (χ0v) is 10.3. The molecule has 2 heteroatoms. The molecule has 0 aliphatic carbocycles. The van der Waals surface area contributed by atoms with Gasteiger partial charge in [-0.1, -0.05) is 37.6 Å². The molecule has 0 atom stereocenters. The molecule has 1 rings (SSSR count). The van der Waals surface area contributed by atoms with Crippen molar-refractivity contribution in [2.24, 2.45) is 11.1 Å². The van der Waals surface area contributed by atoms with Gasteiger partial charge >= 0.3 is 0 Å². The summed E-state index contributed by atoms with van der Waals surface area (Å²) in [5.41, 5.74) is 7.28. The molecule has 84 valence electrons. The Morgan fingerprint density at radius 1 is 1.13 bits per heavy atom. The van der Waals surface area contributed by atoms with Crippen LogP contribution in [0.15, 0.2) is 24.3 Å². The van der Waals surface area contributed by atoms with Gasteiger partial charge in [-0.05, 0) is 48.9 Å². The lowest BCUT2D eigenvalue weighted by molar-refractivity contribution is 0.313. The summed E-state index contributed by atoms with van der Waals surface area (Å²) in [6.45, 7) is 5.32. The Hall–Kier alpha value is -0.530. The standard InChI is InChI=1S/C13H20ClN/c1-13(2,9-10-15)8-7-11-3-5-12(14)6-4-11/h3-6H,7-10,15H2,1-2H3. The first-order valence-electron chi connectivity index (χ1n) is 5.48. The Morgan fingerprint density at radius 3 is 2.27 bits per heavy atom. The molecule has 0 aliphatic heterocycles. The summed E-state index contributed by atoms with van der Waals surface area (Å²) in [4.78, 5) is 0. The third-order valence-electron chi connectivity index (χ3n) is 2.82. The molecular formula is C13H20ClN. The smallest absolute Gasteiger partial charge is 0.0406 e. The molecule has 1 nitrogen and oxygen atoms in total. The lowest BCUT2D eigenvalue weighted by Crippen LogP contribution is -2.17. The van der Waals surface area contributed by atoms with Crippen molar-refractivity contribution in [1.29, 1.82) is 0 Å². The fraction of sp³-hybridized carbons (Fsp3) is 0.538. The highest BCUT2D eigenvalue weighted by atomic mass is 35.5. The Morgan fingerprint density at radius 2 is 1.73 bits per heavy atom. The topological polar surface area (TPSA) is 26.0 Å². The highest BCUT2D eigenvalue weighted by Gasteiger charge is 2.16. The average molecular weight is 226 g/mol. The molecule has 1 aromatic carbocycles. The van der Waals surface area contributed by atoms with E-state index in [0.717, 1.165) is 24.4 Å². The zero-order chi connectivity index (χ0) is 11.3. The van der Waals surface area contributed by atoms with Gasteiger partial charge in [0.1, 0.15) is 0 Å². The Labute approximate surface area is 97.6 Å². The van der Waals surface area contributed by atoms with Crippen LogP contribution in [0.4, 0.5) is 0 Å². The van der Waals surface area contributed by atoms with Crippen LogP contribution in [0.2, 0.25) is 5.02 Å². The minimum Gasteiger partial charge on any atom is -0.330 e. The maximum absolute atomic E-state index is 5.83. The van der Waals surface area contributed by atoms with Crippen LogP contribution < -0.4 is 5.73 Å². The molecule has 0 saturated heterocycles. The van der Waals surface area contributed by atoms with Crippen molar-refractivity contribution >= 4 is 11.6 Å². The molecule has 0 saturated carbocycles. The SMILES string of the molecule is CC(C)(CCN)CCc1ccc(Cl)cc1. The van der Waals surface area contributed by atoms with Crippen LogP contribution in [0.3, 0.4) is 0 Å². The highest BCUT2D eigenvalue weighted by molar-refractivity contribution is 6.30. The predicted octanol–water partition coefficient (Wildman–Crippen LogP) is 3.65. The number of halogens is 1. The molecule has 1 aromatic rings. The van der Waals surface area contributed by atoms with E-state index in [0.29, 0.717) is 5.41 Å². The Bertz CT molecular complexity index is 290. The second kappa shape index (κ2) is 5.53. The van der Waals surface area contributed by atoms with Gasteiger partial charge in [0.05, 0.1) is 0 Å². The summed E-state index contributed by atoms with van der Waals surface area (Å²) in [6, 6.07) is 8.10. The van der Waals surface area contributed by atoms with Gasteiger partial charge in [0.15, 0.2) is 0 Å². The quantitative estimate of drug-likeness (QED) is 0.814. The van der Waals surface area contributed by atoms with Crippen molar-refractivity contribution in [1.82, 2.24) is 0 Å². The summed E-state index contributed by atoms with van der Waals surface area (Å²) in [6.07, 6.45) is 3.36. The third kappa shape index (κ3) is 4.67. The van der Waals surface area contributed by atoms with Crippen LogP contribution in [-0.4, -0.2) is 6.54 Å². The Kier molecular flexibility index (Phi) is 4.62. The van der Waals surface area contributed by atoms with E-state index in [-0.39, 0.29) is 0 Å². The maximum atomic E-state index is 5.83. The largest absolute Gasteiger partial charge is 0.330 e. The van der Waals surface area contributed by atoms with Gasteiger partial charge in [0, 0.05) is 5.02 Å². The van der Waals surface area contributed by atoms with Gasteiger partial charge in [0.25, 0.3) is 0 Å². The van der Waals surface area contributed by atoms with Gasteiger partial charge in [-0.3, -0.25) is 0 Å². The Balaban J connectivity index is 2.46. The fourth-order valence-electron chi connectivity index (χ4n) is 1.65. The molecule has 0 unspecified atom stereocenters. The molecule has 0 aromatic heterocycles. The number of rotatable bonds is 5. The first-order valence-corrected chi connectivity index (χ1v) is 5.86. The van der Waals surface area contributed by atoms with Gasteiger partial charge in [-0.15, -0.1) is 0 Å². The van der Waals surface area contributed by atoms with E-state index in [9.17, 15) is 0 Å². The van der Waals surface area contributed by atoms with Crippen molar-refractivity contribution in [3.63, 3.8) is 0 Å². The molecule has 15 heavy (non-hydrogen) atoms. The first-order chi connectivity index (χ1) is 7.03. The molecule has 0 heterocycles. The zero-order valence-electron chi connectivity index (χ0n) is 9.59. The van der Waals surface area contributed by atoms with Crippen molar-refractivity contribution in [3.05, 3.63) is 34.9 Å². The van der Waals surface area contributed by atoms with Crippen molar-refractivity contribution in [2.45, 2.75) is 33.1 Å². The highest BCUT2D eigenvalue weighted by Crippen LogP contribution is 2.26. The van der Waals surface area contributed by atoms with Crippen molar-refractivity contribution in [2.75, 3.05) is 6.54 Å². The summed E-state index contributed by atoms with van der Waals surface area (Å²) >= 11 is 5.83. The number of nitrogens with two attached hydrogens (primary N) is 1. The van der Waals surface area contributed by atoms with E-state index >= 15 is 0 Å². The summed E-state index contributed by atoms with van der Waals surface area (Å²) in [5.74, 6) is 0. The molecule has 0 aliphatic rings. The van der Waals surface area contributed by atoms with Gasteiger partial charge in [-0.25, -0.2) is 0 Å². The van der Waals surface area contributed by atoms with Crippen LogP contribution in [0.25, 0.3) is 0 Å². The van der Waals surface area contributed by atoms with Gasteiger partial charge in [-0.2, -0.15) is 0 Å². The van der Waals surface area contributed by atoms with Crippen LogP contribution in [0, 0.1) is 5.41 Å². The van der Waals surface area contributed by atoms with E-state index in [2.05, 4.69) is 26.0 Å². The molecule has 0 bridgehead atoms. The maximum Gasteiger partial charge on any atom is 0.0406 e. The van der Waals surface area contributed by atoms with Crippen LogP contribution in [0.5, 0.6) is 0 Å². The third-order valence-corrected chi connectivity index (χ3v) is 3.08. The van der Waals surface area contributed by atoms with Crippen LogP contribution >= 0.6 is 11.6 Å². The van der Waals surface area contributed by atoms with E-state index in [1.807, 2.05) is 12.1 Å². The number of hydrogen-bond donors (Lipinski definition) is 1. The molecular weight excluding hydrogens is 206 g/mol. The summed E-state index contributed by atoms with van der Waals surface area (Å²) < 4.78 is 0. The molecule has 0 fully saturated rings. The van der Waals surface area contributed by atoms with Gasteiger partial charge in [0.2, 0.25) is 0 Å². The molecule has 0 radical (unpaired) electrons. The van der Waals surface area contributed by atoms with E-state index in [1.165, 1.54) is 12.0 Å². The number of hydrogen-bond acceptors (Lipinski definition) is 1. The van der Waals surface area contributed by atoms with Crippen LogP contribution in [0.1, 0.15) is 32.3 Å². The van der Waals surface area contributed by atoms with Crippen molar-refractivity contribution in [3.8, 4) is 0 Å². The normalized spacial score (nSPS) is 11.7. The predicted molar refractivity (Wildman–Crippen MR) is 67.2 cm³/mol. The van der Waals surface area contributed by atoms with E-state index in [4.69, 9.17) is 17.3 Å². The van der Waals surface area contributed by atoms with Gasteiger partial charge < -0.3 is 5.73 Å². The summed E-state index contributed by atoms with van der Waals surface area (Å²) in [5, 5.41) is 0.806.